The highest BCUT2D eigenvalue weighted by atomic mass is 16.4. The summed E-state index contributed by atoms with van der Waals surface area (Å²) in [6, 6.07) is 10.0. The van der Waals surface area contributed by atoms with E-state index in [1.54, 1.807) is 10.8 Å². The molecule has 0 N–H and O–H groups in total. The Morgan fingerprint density at radius 3 is 2.71 bits per heavy atom. The van der Waals surface area contributed by atoms with Crippen LogP contribution in [0.3, 0.4) is 0 Å². The second-order valence-electron chi connectivity index (χ2n) is 3.96. The highest BCUT2D eigenvalue weighted by molar-refractivity contribution is 5.64. The standard InChI is InChI=1S/C13H14N2O2/c1-11-14(7-8-15(11)10-13(16)17)9-12-5-3-2-4-6-12/h2-8H,9-10H2,1H3. The van der Waals surface area contributed by atoms with Gasteiger partial charge in [0.1, 0.15) is 25.5 Å². The van der Waals surface area contributed by atoms with Crippen molar-refractivity contribution in [3.05, 3.63) is 54.1 Å². The van der Waals surface area contributed by atoms with Gasteiger partial charge in [-0.1, -0.05) is 30.3 Å². The summed E-state index contributed by atoms with van der Waals surface area (Å²) in [5, 5.41) is 10.5. The van der Waals surface area contributed by atoms with Gasteiger partial charge in [0.2, 0.25) is 0 Å². The number of nitrogens with zero attached hydrogens (tertiary/aromatic N) is 2. The van der Waals surface area contributed by atoms with Gasteiger partial charge in [0.15, 0.2) is 0 Å². The lowest BCUT2D eigenvalue weighted by Crippen LogP contribution is -2.37. The van der Waals surface area contributed by atoms with E-state index >= 15 is 0 Å². The molecule has 0 atom stereocenters. The molecule has 17 heavy (non-hydrogen) atoms. The maximum absolute atomic E-state index is 10.5. The van der Waals surface area contributed by atoms with Crippen LogP contribution < -0.4 is 9.67 Å². The predicted octanol–water partition coefficient (Wildman–Crippen LogP) is -0.118. The first-order valence-electron chi connectivity index (χ1n) is 5.46. The second-order valence-corrected chi connectivity index (χ2v) is 3.96. The Morgan fingerprint density at radius 2 is 2.06 bits per heavy atom. The van der Waals surface area contributed by atoms with Crippen molar-refractivity contribution >= 4 is 5.97 Å². The van der Waals surface area contributed by atoms with Crippen molar-refractivity contribution in [3.63, 3.8) is 0 Å². The van der Waals surface area contributed by atoms with Gasteiger partial charge in [0.05, 0.1) is 5.97 Å². The molecule has 2 rings (SSSR count). The Morgan fingerprint density at radius 1 is 1.35 bits per heavy atom. The molecule has 88 valence electrons. The third-order valence-electron chi connectivity index (χ3n) is 2.75. The summed E-state index contributed by atoms with van der Waals surface area (Å²) in [6.45, 7) is 2.53. The van der Waals surface area contributed by atoms with Crippen molar-refractivity contribution in [2.24, 2.45) is 0 Å². The molecule has 4 nitrogen and oxygen atoms in total. The van der Waals surface area contributed by atoms with Crippen LogP contribution in [0.4, 0.5) is 0 Å². The van der Waals surface area contributed by atoms with Gasteiger partial charge in [-0.3, -0.25) is 0 Å². The lowest BCUT2D eigenvalue weighted by Gasteiger charge is -2.02. The Balaban J connectivity index is 2.18. The van der Waals surface area contributed by atoms with Gasteiger partial charge in [-0.25, -0.2) is 9.13 Å². The molecule has 0 unspecified atom stereocenters. The average molecular weight is 230 g/mol. The number of carboxylic acids is 1. The molecule has 0 saturated carbocycles. The van der Waals surface area contributed by atoms with Crippen molar-refractivity contribution in [3.8, 4) is 0 Å². The molecule has 0 bridgehead atoms. The number of rotatable bonds is 4. The molecule has 2 aromatic rings. The molecule has 0 spiro atoms. The fraction of sp³-hybridized carbons (Fsp3) is 0.231. The number of benzene rings is 1. The van der Waals surface area contributed by atoms with E-state index in [-0.39, 0.29) is 6.54 Å². The smallest absolute Gasteiger partial charge is 0.253 e. The number of aromatic nitrogens is 2. The number of hydrogen-bond acceptors (Lipinski definition) is 2. The molecule has 1 heterocycles. The highest BCUT2D eigenvalue weighted by Crippen LogP contribution is 2.00. The van der Waals surface area contributed by atoms with Crippen LogP contribution in [-0.4, -0.2) is 10.5 Å². The predicted molar refractivity (Wildman–Crippen MR) is 59.9 cm³/mol. The molecule has 0 aliphatic rings. The molecule has 0 aliphatic heterocycles. The Labute approximate surface area is 99.8 Å². The van der Waals surface area contributed by atoms with Crippen LogP contribution in [0.5, 0.6) is 0 Å². The SMILES string of the molecule is Cc1n(CC(=O)[O-])cc[n+]1Cc1ccccc1. The van der Waals surface area contributed by atoms with Crippen LogP contribution in [-0.2, 0) is 17.9 Å². The van der Waals surface area contributed by atoms with E-state index < -0.39 is 5.97 Å². The van der Waals surface area contributed by atoms with Crippen LogP contribution in [0.15, 0.2) is 42.7 Å². The van der Waals surface area contributed by atoms with E-state index in [0.717, 1.165) is 12.4 Å². The summed E-state index contributed by atoms with van der Waals surface area (Å²) in [4.78, 5) is 10.5. The number of carboxylic acid groups (broad SMARTS) is 1. The number of carbonyl (C=O) groups excluding carboxylic acids is 1. The molecule has 0 fully saturated rings. The summed E-state index contributed by atoms with van der Waals surface area (Å²) in [6.07, 6.45) is 3.64. The maximum atomic E-state index is 10.5. The lowest BCUT2D eigenvalue weighted by atomic mass is 10.2. The third kappa shape index (κ3) is 2.72. The van der Waals surface area contributed by atoms with Crippen LogP contribution >= 0.6 is 0 Å². The molecule has 1 aromatic heterocycles. The Hall–Kier alpha value is -2.10. The maximum Gasteiger partial charge on any atom is 0.253 e. The van der Waals surface area contributed by atoms with Gasteiger partial charge < -0.3 is 9.90 Å². The number of imidazole rings is 1. The van der Waals surface area contributed by atoms with Gasteiger partial charge in [-0.05, 0) is 5.56 Å². The van der Waals surface area contributed by atoms with E-state index in [0.29, 0.717) is 0 Å². The van der Waals surface area contributed by atoms with Gasteiger partial charge in [-0.15, -0.1) is 0 Å². The Bertz CT molecular complexity index is 517. The van der Waals surface area contributed by atoms with E-state index in [1.807, 2.05) is 48.0 Å². The first-order valence-corrected chi connectivity index (χ1v) is 5.46. The van der Waals surface area contributed by atoms with E-state index in [2.05, 4.69) is 0 Å². The van der Waals surface area contributed by atoms with Crippen LogP contribution in [0.2, 0.25) is 0 Å². The fourth-order valence-corrected chi connectivity index (χ4v) is 1.80. The monoisotopic (exact) mass is 230 g/mol. The minimum atomic E-state index is -1.07. The Kier molecular flexibility index (Phi) is 3.23. The first-order chi connectivity index (χ1) is 8.16. The molecule has 0 radical (unpaired) electrons. The highest BCUT2D eigenvalue weighted by Gasteiger charge is 2.12. The molecule has 0 aliphatic carbocycles. The molecule has 4 heteroatoms. The quantitative estimate of drug-likeness (QED) is 0.688. The zero-order valence-electron chi connectivity index (χ0n) is 9.67. The van der Waals surface area contributed by atoms with Gasteiger partial charge in [0, 0.05) is 6.92 Å². The molecular weight excluding hydrogens is 216 g/mol. The zero-order chi connectivity index (χ0) is 12.3. The first kappa shape index (κ1) is 11.4. The normalized spacial score (nSPS) is 10.4. The van der Waals surface area contributed by atoms with Crippen molar-refractivity contribution in [2.75, 3.05) is 0 Å². The van der Waals surface area contributed by atoms with Crippen molar-refractivity contribution in [1.82, 2.24) is 4.57 Å². The zero-order valence-corrected chi connectivity index (χ0v) is 9.67. The van der Waals surface area contributed by atoms with E-state index in [4.69, 9.17) is 0 Å². The van der Waals surface area contributed by atoms with E-state index in [9.17, 15) is 9.90 Å². The number of carbonyl (C=O) groups is 1. The van der Waals surface area contributed by atoms with E-state index in [1.165, 1.54) is 5.56 Å². The van der Waals surface area contributed by atoms with Gasteiger partial charge >= 0.3 is 0 Å². The molecule has 0 amide bonds. The second kappa shape index (κ2) is 4.82. The van der Waals surface area contributed by atoms with Crippen LogP contribution in [0.25, 0.3) is 0 Å². The number of hydrogen-bond donors (Lipinski definition) is 0. The summed E-state index contributed by atoms with van der Waals surface area (Å²) in [5.41, 5.74) is 1.19. The van der Waals surface area contributed by atoms with Crippen molar-refractivity contribution in [2.45, 2.75) is 20.0 Å². The largest absolute Gasteiger partial charge is 0.546 e. The van der Waals surface area contributed by atoms with Crippen LogP contribution in [0, 0.1) is 6.92 Å². The summed E-state index contributed by atoms with van der Waals surface area (Å²) in [7, 11) is 0. The van der Waals surface area contributed by atoms with Gasteiger partial charge in [0.25, 0.3) is 5.82 Å². The summed E-state index contributed by atoms with van der Waals surface area (Å²) in [5.74, 6) is -0.173. The number of aliphatic carboxylic acids is 1. The van der Waals surface area contributed by atoms with Gasteiger partial charge in [-0.2, -0.15) is 0 Å². The molecular formula is C13H14N2O2. The van der Waals surface area contributed by atoms with Crippen molar-refractivity contribution < 1.29 is 14.5 Å². The van der Waals surface area contributed by atoms with Crippen molar-refractivity contribution in [1.29, 1.82) is 0 Å². The fourth-order valence-electron chi connectivity index (χ4n) is 1.80. The minimum Gasteiger partial charge on any atom is -0.546 e. The average Bonchev–Trinajstić information content (AvgIpc) is 2.62. The minimum absolute atomic E-state index is 0.104. The van der Waals surface area contributed by atoms with Crippen LogP contribution in [0.1, 0.15) is 11.4 Å². The lowest BCUT2D eigenvalue weighted by molar-refractivity contribution is -0.694. The molecule has 0 saturated heterocycles. The topological polar surface area (TPSA) is 48.9 Å². The third-order valence-corrected chi connectivity index (χ3v) is 2.75. The summed E-state index contributed by atoms with van der Waals surface area (Å²) < 4.78 is 3.68. The molecule has 1 aromatic carbocycles. The summed E-state index contributed by atoms with van der Waals surface area (Å²) >= 11 is 0.